The summed E-state index contributed by atoms with van der Waals surface area (Å²) in [6.07, 6.45) is -4.43. The van der Waals surface area contributed by atoms with Crippen molar-refractivity contribution in [3.8, 4) is 0 Å². The summed E-state index contributed by atoms with van der Waals surface area (Å²) in [5.74, 6) is 5.04. The van der Waals surface area contributed by atoms with Crippen LogP contribution in [-0.4, -0.2) is 23.4 Å². The van der Waals surface area contributed by atoms with Gasteiger partial charge in [0.05, 0.1) is 34.1 Å². The van der Waals surface area contributed by atoms with Crippen LogP contribution in [-0.2, 0) is 6.18 Å². The molecule has 3 rings (SSSR count). The first kappa shape index (κ1) is 21.9. The molecular formula is C20H19ClF4N4O. The first-order chi connectivity index (χ1) is 14.0. The number of hydrogen-bond acceptors (Lipinski definition) is 4. The van der Waals surface area contributed by atoms with E-state index in [-0.39, 0.29) is 24.2 Å². The standard InChI is InChI=1S/C20H19ClF4N4O/c1-11-9-17(29(27)13-7-5-12(22)6-8-13)16(26)10-28(11)19(30)14-3-2-4-15(18(14)21)20(23,24)25/h2-8,11H,9-10,26-27H2,1H3. The molecule has 5 nitrogen and oxygen atoms in total. The molecule has 2 aromatic rings. The number of halogens is 5. The lowest BCUT2D eigenvalue weighted by Gasteiger charge is -2.38. The number of nitrogens with zero attached hydrogens (tertiary/aromatic N) is 2. The van der Waals surface area contributed by atoms with E-state index in [4.69, 9.17) is 23.2 Å². The minimum atomic E-state index is -4.68. The predicted octanol–water partition coefficient (Wildman–Crippen LogP) is 4.28. The summed E-state index contributed by atoms with van der Waals surface area (Å²) in [4.78, 5) is 14.3. The van der Waals surface area contributed by atoms with Gasteiger partial charge in [-0.3, -0.25) is 9.80 Å². The highest BCUT2D eigenvalue weighted by atomic mass is 35.5. The molecule has 10 heteroatoms. The van der Waals surface area contributed by atoms with E-state index in [1.807, 2.05) is 0 Å². The van der Waals surface area contributed by atoms with E-state index in [1.54, 1.807) is 6.92 Å². The third-order valence-electron chi connectivity index (χ3n) is 4.92. The molecule has 0 saturated carbocycles. The maximum absolute atomic E-state index is 13.1. The van der Waals surface area contributed by atoms with E-state index >= 15 is 0 Å². The van der Waals surface area contributed by atoms with Crippen LogP contribution in [0.1, 0.15) is 29.3 Å². The first-order valence-electron chi connectivity index (χ1n) is 8.95. The average Bonchev–Trinajstić information content (AvgIpc) is 2.68. The van der Waals surface area contributed by atoms with Crippen LogP contribution in [0, 0.1) is 5.82 Å². The van der Waals surface area contributed by atoms with Crippen LogP contribution in [0.4, 0.5) is 23.2 Å². The number of nitrogens with two attached hydrogens (primary N) is 2. The lowest BCUT2D eigenvalue weighted by Crippen LogP contribution is -2.48. The van der Waals surface area contributed by atoms with Crippen LogP contribution in [0.2, 0.25) is 5.02 Å². The number of rotatable bonds is 3. The molecule has 1 atom stereocenters. The molecule has 1 heterocycles. The van der Waals surface area contributed by atoms with Crippen molar-refractivity contribution < 1.29 is 22.4 Å². The second-order valence-electron chi connectivity index (χ2n) is 6.97. The lowest BCUT2D eigenvalue weighted by molar-refractivity contribution is -0.137. The van der Waals surface area contributed by atoms with E-state index in [0.29, 0.717) is 11.4 Å². The third-order valence-corrected chi connectivity index (χ3v) is 5.33. The van der Waals surface area contributed by atoms with Crippen molar-refractivity contribution in [3.05, 3.63) is 75.8 Å². The highest BCUT2D eigenvalue weighted by molar-refractivity contribution is 6.34. The highest BCUT2D eigenvalue weighted by Crippen LogP contribution is 2.37. The van der Waals surface area contributed by atoms with Gasteiger partial charge in [-0.25, -0.2) is 10.2 Å². The zero-order valence-corrected chi connectivity index (χ0v) is 16.6. The van der Waals surface area contributed by atoms with Crippen LogP contribution >= 0.6 is 11.6 Å². The fraction of sp³-hybridized carbons (Fsp3) is 0.250. The molecule has 2 aromatic carbocycles. The van der Waals surface area contributed by atoms with Crippen LogP contribution in [0.25, 0.3) is 0 Å². The molecule has 30 heavy (non-hydrogen) atoms. The van der Waals surface area contributed by atoms with Crippen molar-refractivity contribution in [1.82, 2.24) is 4.90 Å². The second kappa shape index (κ2) is 8.16. The Labute approximate surface area is 175 Å². The zero-order valence-electron chi connectivity index (χ0n) is 15.9. The van der Waals surface area contributed by atoms with Crippen LogP contribution in [0.15, 0.2) is 53.9 Å². The first-order valence-corrected chi connectivity index (χ1v) is 9.33. The second-order valence-corrected chi connectivity index (χ2v) is 7.35. The molecule has 160 valence electrons. The average molecular weight is 443 g/mol. The number of amides is 1. The fourth-order valence-corrected chi connectivity index (χ4v) is 3.62. The van der Waals surface area contributed by atoms with Crippen molar-refractivity contribution in [2.45, 2.75) is 25.6 Å². The number of hydrogen-bond donors (Lipinski definition) is 2. The van der Waals surface area contributed by atoms with Crippen molar-refractivity contribution in [1.29, 1.82) is 0 Å². The number of carbonyl (C=O) groups excluding carboxylic acids is 1. The number of benzene rings is 2. The highest BCUT2D eigenvalue weighted by Gasteiger charge is 2.37. The molecule has 0 fully saturated rings. The van der Waals surface area contributed by atoms with Gasteiger partial charge < -0.3 is 10.6 Å². The minimum Gasteiger partial charge on any atom is -0.399 e. The lowest BCUT2D eigenvalue weighted by atomic mass is 10.0. The van der Waals surface area contributed by atoms with Gasteiger partial charge in [-0.2, -0.15) is 13.2 Å². The summed E-state index contributed by atoms with van der Waals surface area (Å²) in [6, 6.07) is 8.26. The Morgan fingerprint density at radius 2 is 1.83 bits per heavy atom. The van der Waals surface area contributed by atoms with Crippen molar-refractivity contribution >= 4 is 23.2 Å². The van der Waals surface area contributed by atoms with Gasteiger partial charge in [0.25, 0.3) is 5.91 Å². The molecule has 0 saturated heterocycles. The normalized spacial score (nSPS) is 17.3. The summed E-state index contributed by atoms with van der Waals surface area (Å²) < 4.78 is 52.5. The molecule has 0 radical (unpaired) electrons. The Balaban J connectivity index is 1.88. The van der Waals surface area contributed by atoms with E-state index in [2.05, 4.69) is 0 Å². The van der Waals surface area contributed by atoms with Crippen molar-refractivity contribution in [2.75, 3.05) is 11.6 Å². The van der Waals surface area contributed by atoms with Crippen LogP contribution < -0.4 is 16.6 Å². The van der Waals surface area contributed by atoms with E-state index in [9.17, 15) is 22.4 Å². The Morgan fingerprint density at radius 1 is 1.20 bits per heavy atom. The predicted molar refractivity (Wildman–Crippen MR) is 106 cm³/mol. The molecule has 1 unspecified atom stereocenters. The van der Waals surface area contributed by atoms with Gasteiger partial charge in [0, 0.05) is 18.2 Å². The number of alkyl halides is 3. The summed E-state index contributed by atoms with van der Waals surface area (Å²) in [5.41, 5.74) is 6.11. The zero-order chi connectivity index (χ0) is 22.2. The summed E-state index contributed by atoms with van der Waals surface area (Å²) in [5, 5.41) is 0.659. The molecule has 0 aliphatic carbocycles. The van der Waals surface area contributed by atoms with Gasteiger partial charge in [-0.1, -0.05) is 17.7 Å². The monoisotopic (exact) mass is 442 g/mol. The molecule has 0 aromatic heterocycles. The molecule has 1 aliphatic rings. The molecular weight excluding hydrogens is 424 g/mol. The Kier molecular flexibility index (Phi) is 5.96. The molecule has 1 aliphatic heterocycles. The van der Waals surface area contributed by atoms with Crippen LogP contribution in [0.5, 0.6) is 0 Å². The quantitative estimate of drug-likeness (QED) is 0.422. The van der Waals surface area contributed by atoms with Gasteiger partial charge in [0.15, 0.2) is 0 Å². The Bertz CT molecular complexity index is 991. The third kappa shape index (κ3) is 4.22. The summed E-state index contributed by atoms with van der Waals surface area (Å²) in [7, 11) is 0. The Morgan fingerprint density at radius 3 is 2.43 bits per heavy atom. The molecule has 4 N–H and O–H groups in total. The summed E-state index contributed by atoms with van der Waals surface area (Å²) >= 11 is 5.89. The van der Waals surface area contributed by atoms with Gasteiger partial charge in [0.1, 0.15) is 5.82 Å². The van der Waals surface area contributed by atoms with E-state index in [0.717, 1.165) is 12.1 Å². The van der Waals surface area contributed by atoms with Crippen molar-refractivity contribution in [2.24, 2.45) is 11.6 Å². The number of carbonyl (C=O) groups is 1. The SMILES string of the molecule is CC1CC(N(N)c2ccc(F)cc2)=C(N)CN1C(=O)c1cccc(C(F)(F)F)c1Cl. The smallest absolute Gasteiger partial charge is 0.399 e. The minimum absolute atomic E-state index is 0.0448. The maximum atomic E-state index is 13.1. The van der Waals surface area contributed by atoms with Crippen molar-refractivity contribution in [3.63, 3.8) is 0 Å². The van der Waals surface area contributed by atoms with Gasteiger partial charge in [0.2, 0.25) is 0 Å². The summed E-state index contributed by atoms with van der Waals surface area (Å²) in [6.45, 7) is 1.68. The number of anilines is 1. The van der Waals surface area contributed by atoms with E-state index < -0.39 is 34.5 Å². The fourth-order valence-electron chi connectivity index (χ4n) is 3.31. The van der Waals surface area contributed by atoms with Gasteiger partial charge in [-0.05, 0) is 43.3 Å². The molecule has 0 bridgehead atoms. The molecule has 0 spiro atoms. The largest absolute Gasteiger partial charge is 0.417 e. The van der Waals surface area contributed by atoms with Gasteiger partial charge >= 0.3 is 6.18 Å². The maximum Gasteiger partial charge on any atom is 0.417 e. The molecule has 1 amide bonds. The van der Waals surface area contributed by atoms with E-state index in [1.165, 1.54) is 40.2 Å². The topological polar surface area (TPSA) is 75.6 Å². The number of hydrazine groups is 1. The van der Waals surface area contributed by atoms with Crippen LogP contribution in [0.3, 0.4) is 0 Å². The Hall–Kier alpha value is -2.78. The van der Waals surface area contributed by atoms with Gasteiger partial charge in [-0.15, -0.1) is 0 Å².